The molecule has 0 bridgehead atoms. The lowest BCUT2D eigenvalue weighted by Gasteiger charge is -2.19. The molecule has 1 N–H and O–H groups in total. The van der Waals surface area contributed by atoms with Gasteiger partial charge in [-0.1, -0.05) is 13.3 Å². The van der Waals surface area contributed by atoms with Crippen molar-refractivity contribution in [2.75, 3.05) is 11.5 Å². The maximum absolute atomic E-state index is 11.7. The van der Waals surface area contributed by atoms with Gasteiger partial charge in [-0.2, -0.15) is 5.10 Å². The zero-order chi connectivity index (χ0) is 13.9. The van der Waals surface area contributed by atoms with Crippen molar-refractivity contribution in [2.45, 2.75) is 45.4 Å². The van der Waals surface area contributed by atoms with Crippen LogP contribution in [-0.4, -0.2) is 31.5 Å². The van der Waals surface area contributed by atoms with Crippen LogP contribution in [0.15, 0.2) is 5.10 Å². The Morgan fingerprint density at radius 1 is 1.37 bits per heavy atom. The third kappa shape index (κ3) is 4.30. The molecule has 1 heterocycles. The number of hydrogen-bond donors (Lipinski definition) is 1. The van der Waals surface area contributed by atoms with E-state index in [1.165, 1.54) is 6.42 Å². The Labute approximate surface area is 114 Å². The van der Waals surface area contributed by atoms with Crippen LogP contribution in [0.3, 0.4) is 0 Å². The summed E-state index contributed by atoms with van der Waals surface area (Å²) in [5.74, 6) is 0.617. The van der Waals surface area contributed by atoms with Gasteiger partial charge in [-0.15, -0.1) is 0 Å². The molecule has 6 heteroatoms. The standard InChI is InChI=1S/C13H22N2O3S/c1-10-4-2-3-5-12(10)14-15-13(16)8-11-6-7-19(17,18)9-11/h10-11H,2-9H2,1H3,(H,15,16)/b14-12-/t10-,11+/m0/s1. The van der Waals surface area contributed by atoms with Crippen molar-refractivity contribution >= 4 is 21.5 Å². The van der Waals surface area contributed by atoms with E-state index in [1.807, 2.05) is 0 Å². The van der Waals surface area contributed by atoms with Crippen molar-refractivity contribution in [3.63, 3.8) is 0 Å². The molecule has 19 heavy (non-hydrogen) atoms. The van der Waals surface area contributed by atoms with Gasteiger partial charge in [0.1, 0.15) is 0 Å². The molecule has 5 nitrogen and oxygen atoms in total. The Bertz CT molecular complexity index is 470. The molecular weight excluding hydrogens is 264 g/mol. The van der Waals surface area contributed by atoms with Gasteiger partial charge >= 0.3 is 0 Å². The van der Waals surface area contributed by atoms with Crippen LogP contribution in [0.1, 0.15) is 45.4 Å². The average Bonchev–Trinajstić information content (AvgIpc) is 2.67. The molecule has 1 saturated carbocycles. The van der Waals surface area contributed by atoms with Crippen molar-refractivity contribution in [3.05, 3.63) is 0 Å². The third-order valence-corrected chi connectivity index (χ3v) is 5.85. The lowest BCUT2D eigenvalue weighted by molar-refractivity contribution is -0.121. The smallest absolute Gasteiger partial charge is 0.240 e. The normalized spacial score (nSPS) is 32.4. The molecule has 1 aliphatic heterocycles. The minimum absolute atomic E-state index is 0.0334. The first kappa shape index (κ1) is 14.5. The van der Waals surface area contributed by atoms with Crippen molar-refractivity contribution in [2.24, 2.45) is 16.9 Å². The van der Waals surface area contributed by atoms with Crippen LogP contribution in [0.25, 0.3) is 0 Å². The molecule has 1 aliphatic carbocycles. The summed E-state index contributed by atoms with van der Waals surface area (Å²) in [4.78, 5) is 11.7. The fraction of sp³-hybridized carbons (Fsp3) is 0.846. The monoisotopic (exact) mass is 286 g/mol. The van der Waals surface area contributed by atoms with Gasteiger partial charge < -0.3 is 0 Å². The number of nitrogens with one attached hydrogen (secondary N) is 1. The molecule has 2 rings (SSSR count). The predicted octanol–water partition coefficient (Wildman–Crippen LogP) is 1.49. The highest BCUT2D eigenvalue weighted by Crippen LogP contribution is 2.22. The summed E-state index contributed by atoms with van der Waals surface area (Å²) in [7, 11) is -2.90. The summed E-state index contributed by atoms with van der Waals surface area (Å²) in [5, 5.41) is 4.21. The second-order valence-electron chi connectivity index (χ2n) is 5.76. The Hall–Kier alpha value is -0.910. The highest BCUT2D eigenvalue weighted by atomic mass is 32.2. The number of hydrazone groups is 1. The quantitative estimate of drug-likeness (QED) is 0.799. The molecule has 0 aromatic rings. The van der Waals surface area contributed by atoms with Gasteiger partial charge in [0, 0.05) is 12.1 Å². The van der Waals surface area contributed by atoms with Crippen LogP contribution in [0.2, 0.25) is 0 Å². The van der Waals surface area contributed by atoms with Crippen LogP contribution in [-0.2, 0) is 14.6 Å². The van der Waals surface area contributed by atoms with Gasteiger partial charge in [0.2, 0.25) is 5.91 Å². The van der Waals surface area contributed by atoms with E-state index in [0.717, 1.165) is 25.0 Å². The summed E-state index contributed by atoms with van der Waals surface area (Å²) in [6.45, 7) is 2.13. The zero-order valence-corrected chi connectivity index (χ0v) is 12.2. The van der Waals surface area contributed by atoms with Crippen LogP contribution >= 0.6 is 0 Å². The van der Waals surface area contributed by atoms with Gasteiger partial charge in [-0.3, -0.25) is 4.79 Å². The molecule has 2 fully saturated rings. The molecular formula is C13H22N2O3S. The highest BCUT2D eigenvalue weighted by molar-refractivity contribution is 7.91. The first-order valence-corrected chi connectivity index (χ1v) is 8.84. The Kier molecular flexibility index (Phi) is 4.60. The van der Waals surface area contributed by atoms with Crippen LogP contribution in [0.4, 0.5) is 0 Å². The first-order valence-electron chi connectivity index (χ1n) is 7.02. The molecule has 1 saturated heterocycles. The lowest BCUT2D eigenvalue weighted by atomic mass is 9.89. The first-order chi connectivity index (χ1) is 8.96. The molecule has 1 amide bonds. The summed E-state index contributed by atoms with van der Waals surface area (Å²) in [6, 6.07) is 0. The Balaban J connectivity index is 1.80. The maximum Gasteiger partial charge on any atom is 0.240 e. The Morgan fingerprint density at radius 2 is 2.16 bits per heavy atom. The van der Waals surface area contributed by atoms with Gasteiger partial charge in [-0.05, 0) is 37.5 Å². The predicted molar refractivity (Wildman–Crippen MR) is 74.6 cm³/mol. The van der Waals surface area contributed by atoms with E-state index in [2.05, 4.69) is 17.5 Å². The second-order valence-corrected chi connectivity index (χ2v) is 7.99. The van der Waals surface area contributed by atoms with E-state index in [1.54, 1.807) is 0 Å². The molecule has 0 aromatic carbocycles. The van der Waals surface area contributed by atoms with E-state index >= 15 is 0 Å². The van der Waals surface area contributed by atoms with Crippen LogP contribution in [0.5, 0.6) is 0 Å². The lowest BCUT2D eigenvalue weighted by Crippen LogP contribution is -2.26. The second kappa shape index (κ2) is 6.03. The minimum atomic E-state index is -2.90. The van der Waals surface area contributed by atoms with Crippen LogP contribution < -0.4 is 5.43 Å². The largest absolute Gasteiger partial charge is 0.273 e. The van der Waals surface area contributed by atoms with E-state index in [0.29, 0.717) is 12.3 Å². The number of carbonyl (C=O) groups excluding carboxylic acids is 1. The number of nitrogens with zero attached hydrogens (tertiary/aromatic N) is 1. The number of hydrogen-bond acceptors (Lipinski definition) is 4. The maximum atomic E-state index is 11.7. The number of rotatable bonds is 3. The van der Waals surface area contributed by atoms with Gasteiger partial charge in [0.25, 0.3) is 0 Å². The summed E-state index contributed by atoms with van der Waals surface area (Å²) >= 11 is 0. The van der Waals surface area contributed by atoms with E-state index in [9.17, 15) is 13.2 Å². The molecule has 0 aromatic heterocycles. The molecule has 2 aliphatic rings. The Morgan fingerprint density at radius 3 is 2.79 bits per heavy atom. The SMILES string of the molecule is C[C@H]1CCCC/C1=N/NC(=O)C[C@H]1CCS(=O)(=O)C1. The van der Waals surface area contributed by atoms with Crippen LogP contribution in [0, 0.1) is 11.8 Å². The van der Waals surface area contributed by atoms with Crippen molar-refractivity contribution < 1.29 is 13.2 Å². The minimum Gasteiger partial charge on any atom is -0.273 e. The van der Waals surface area contributed by atoms with E-state index in [4.69, 9.17) is 0 Å². The zero-order valence-electron chi connectivity index (χ0n) is 11.4. The van der Waals surface area contributed by atoms with Crippen molar-refractivity contribution in [1.29, 1.82) is 0 Å². The van der Waals surface area contributed by atoms with E-state index in [-0.39, 0.29) is 29.8 Å². The fourth-order valence-electron chi connectivity index (χ4n) is 2.81. The molecule has 0 spiro atoms. The molecule has 0 unspecified atom stereocenters. The van der Waals surface area contributed by atoms with Crippen molar-refractivity contribution in [3.8, 4) is 0 Å². The molecule has 0 radical (unpaired) electrons. The summed E-state index contributed by atoms with van der Waals surface area (Å²) < 4.78 is 22.6. The number of amides is 1. The summed E-state index contributed by atoms with van der Waals surface area (Å²) in [6.07, 6.45) is 5.33. The van der Waals surface area contributed by atoms with Gasteiger partial charge in [0.15, 0.2) is 9.84 Å². The highest BCUT2D eigenvalue weighted by Gasteiger charge is 2.29. The summed E-state index contributed by atoms with van der Waals surface area (Å²) in [5.41, 5.74) is 3.66. The average molecular weight is 286 g/mol. The van der Waals surface area contributed by atoms with Gasteiger partial charge in [0.05, 0.1) is 11.5 Å². The third-order valence-electron chi connectivity index (χ3n) is 4.01. The fourth-order valence-corrected chi connectivity index (χ4v) is 4.67. The molecule has 2 atom stereocenters. The molecule has 108 valence electrons. The number of sulfone groups is 1. The van der Waals surface area contributed by atoms with Crippen molar-refractivity contribution in [1.82, 2.24) is 5.43 Å². The number of carbonyl (C=O) groups is 1. The van der Waals surface area contributed by atoms with E-state index < -0.39 is 9.84 Å². The van der Waals surface area contributed by atoms with Gasteiger partial charge in [-0.25, -0.2) is 13.8 Å². The topological polar surface area (TPSA) is 75.6 Å².